The quantitative estimate of drug-likeness (QED) is 0.821. The van der Waals surface area contributed by atoms with Gasteiger partial charge in [0.1, 0.15) is 11.0 Å². The molecule has 0 atom stereocenters. The SMILES string of the molecule is Cc1nnc(Cn2ncc(Br)c(Br)c2=O)o1. The summed E-state index contributed by atoms with van der Waals surface area (Å²) in [6.45, 7) is 1.84. The van der Waals surface area contributed by atoms with Gasteiger partial charge in [0.25, 0.3) is 5.56 Å². The lowest BCUT2D eigenvalue weighted by atomic mass is 10.5. The Bertz CT molecular complexity index is 578. The monoisotopic (exact) mass is 348 g/mol. The standard InChI is InChI=1S/C8H6Br2N4O2/c1-4-12-13-6(16-4)3-14-8(15)7(10)5(9)2-11-14/h2H,3H2,1H3. The smallest absolute Gasteiger partial charge is 0.282 e. The molecule has 2 aromatic rings. The van der Waals surface area contributed by atoms with Crippen LogP contribution in [0.25, 0.3) is 0 Å². The predicted molar refractivity (Wildman–Crippen MR) is 62.0 cm³/mol. The second-order valence-corrected chi connectivity index (χ2v) is 4.63. The van der Waals surface area contributed by atoms with Crippen LogP contribution in [0.1, 0.15) is 11.8 Å². The van der Waals surface area contributed by atoms with Gasteiger partial charge in [-0.15, -0.1) is 10.2 Å². The third kappa shape index (κ3) is 2.22. The maximum absolute atomic E-state index is 11.7. The molecule has 0 bridgehead atoms. The first-order chi connectivity index (χ1) is 7.58. The lowest BCUT2D eigenvalue weighted by molar-refractivity contribution is 0.437. The van der Waals surface area contributed by atoms with E-state index in [1.807, 2.05) is 0 Å². The molecule has 0 aromatic carbocycles. The van der Waals surface area contributed by atoms with Gasteiger partial charge in [-0.1, -0.05) is 0 Å². The average Bonchev–Trinajstić information content (AvgIpc) is 2.65. The topological polar surface area (TPSA) is 73.8 Å². The summed E-state index contributed by atoms with van der Waals surface area (Å²) in [6, 6.07) is 0. The second kappa shape index (κ2) is 4.46. The minimum absolute atomic E-state index is 0.158. The van der Waals surface area contributed by atoms with Gasteiger partial charge in [0, 0.05) is 6.92 Å². The molecule has 0 aliphatic rings. The Morgan fingerprint density at radius 2 is 2.19 bits per heavy atom. The van der Waals surface area contributed by atoms with E-state index in [4.69, 9.17) is 4.42 Å². The molecular formula is C8H6Br2N4O2. The lowest BCUT2D eigenvalue weighted by Crippen LogP contribution is -2.24. The van der Waals surface area contributed by atoms with Crippen molar-refractivity contribution in [1.82, 2.24) is 20.0 Å². The number of hydrogen-bond donors (Lipinski definition) is 0. The Kier molecular flexibility index (Phi) is 3.20. The van der Waals surface area contributed by atoms with Crippen LogP contribution in [0.3, 0.4) is 0 Å². The van der Waals surface area contributed by atoms with E-state index in [1.54, 1.807) is 6.92 Å². The van der Waals surface area contributed by atoms with E-state index >= 15 is 0 Å². The molecule has 0 unspecified atom stereocenters. The summed E-state index contributed by atoms with van der Waals surface area (Å²) in [5.74, 6) is 0.806. The van der Waals surface area contributed by atoms with Gasteiger partial charge in [-0.25, -0.2) is 4.68 Å². The summed E-state index contributed by atoms with van der Waals surface area (Å²) in [4.78, 5) is 11.7. The van der Waals surface area contributed by atoms with Crippen LogP contribution in [0.15, 0.2) is 24.4 Å². The maximum Gasteiger partial charge on any atom is 0.282 e. The number of aromatic nitrogens is 4. The first-order valence-electron chi connectivity index (χ1n) is 4.28. The summed E-state index contributed by atoms with van der Waals surface area (Å²) in [6.07, 6.45) is 1.52. The van der Waals surface area contributed by atoms with Crippen molar-refractivity contribution in [1.29, 1.82) is 0 Å². The molecule has 0 aliphatic carbocycles. The Morgan fingerprint density at radius 3 is 2.81 bits per heavy atom. The highest BCUT2D eigenvalue weighted by molar-refractivity contribution is 9.13. The van der Waals surface area contributed by atoms with Crippen LogP contribution in [-0.4, -0.2) is 20.0 Å². The van der Waals surface area contributed by atoms with Gasteiger partial charge in [0.2, 0.25) is 11.8 Å². The van der Waals surface area contributed by atoms with E-state index in [9.17, 15) is 4.79 Å². The molecule has 2 heterocycles. The van der Waals surface area contributed by atoms with Gasteiger partial charge in [0.05, 0.1) is 10.7 Å². The van der Waals surface area contributed by atoms with Gasteiger partial charge < -0.3 is 4.42 Å². The van der Waals surface area contributed by atoms with Gasteiger partial charge in [-0.2, -0.15) is 5.10 Å². The molecule has 0 fully saturated rings. The fraction of sp³-hybridized carbons (Fsp3) is 0.250. The van der Waals surface area contributed by atoms with Crippen LogP contribution in [0.5, 0.6) is 0 Å². The summed E-state index contributed by atoms with van der Waals surface area (Å²) in [5, 5.41) is 11.4. The molecule has 0 N–H and O–H groups in total. The predicted octanol–water partition coefficient (Wildman–Crippen LogP) is 1.51. The average molecular weight is 350 g/mol. The normalized spacial score (nSPS) is 10.7. The van der Waals surface area contributed by atoms with Gasteiger partial charge in [-0.05, 0) is 31.9 Å². The number of rotatable bonds is 2. The molecule has 0 saturated carbocycles. The van der Waals surface area contributed by atoms with Crippen molar-refractivity contribution in [2.24, 2.45) is 0 Å². The number of halogens is 2. The van der Waals surface area contributed by atoms with Crippen LogP contribution >= 0.6 is 31.9 Å². The molecule has 84 valence electrons. The van der Waals surface area contributed by atoms with Crippen molar-refractivity contribution in [2.75, 3.05) is 0 Å². The first kappa shape index (κ1) is 11.5. The van der Waals surface area contributed by atoms with Crippen LogP contribution in [0.4, 0.5) is 0 Å². The van der Waals surface area contributed by atoms with Gasteiger partial charge in [0.15, 0.2) is 0 Å². The van der Waals surface area contributed by atoms with Crippen LogP contribution < -0.4 is 5.56 Å². The molecule has 2 rings (SSSR count). The van der Waals surface area contributed by atoms with Gasteiger partial charge in [-0.3, -0.25) is 4.79 Å². The highest BCUT2D eigenvalue weighted by atomic mass is 79.9. The Hall–Kier alpha value is -1.02. The van der Waals surface area contributed by atoms with E-state index in [0.29, 0.717) is 20.7 Å². The Balaban J connectivity index is 2.36. The van der Waals surface area contributed by atoms with E-state index in [1.165, 1.54) is 10.9 Å². The summed E-state index contributed by atoms with van der Waals surface area (Å²) < 4.78 is 7.42. The van der Waals surface area contributed by atoms with Crippen molar-refractivity contribution < 1.29 is 4.42 Å². The third-order valence-corrected chi connectivity index (χ3v) is 3.69. The van der Waals surface area contributed by atoms with Crippen molar-refractivity contribution in [3.8, 4) is 0 Å². The van der Waals surface area contributed by atoms with Crippen LogP contribution in [-0.2, 0) is 6.54 Å². The van der Waals surface area contributed by atoms with Gasteiger partial charge >= 0.3 is 0 Å². The fourth-order valence-corrected chi connectivity index (χ4v) is 1.66. The number of nitrogens with zero attached hydrogens (tertiary/aromatic N) is 4. The second-order valence-electron chi connectivity index (χ2n) is 2.98. The van der Waals surface area contributed by atoms with E-state index < -0.39 is 0 Å². The summed E-state index contributed by atoms with van der Waals surface area (Å²) >= 11 is 6.36. The molecule has 0 amide bonds. The molecule has 8 heteroatoms. The Labute approximate surface area is 107 Å². The number of hydrogen-bond acceptors (Lipinski definition) is 5. The van der Waals surface area contributed by atoms with E-state index in [2.05, 4.69) is 47.2 Å². The summed E-state index contributed by atoms with van der Waals surface area (Å²) in [7, 11) is 0. The van der Waals surface area contributed by atoms with Crippen molar-refractivity contribution in [2.45, 2.75) is 13.5 Å². The molecule has 0 spiro atoms. The minimum atomic E-state index is -0.259. The zero-order chi connectivity index (χ0) is 11.7. The highest BCUT2D eigenvalue weighted by Crippen LogP contribution is 2.16. The lowest BCUT2D eigenvalue weighted by Gasteiger charge is -2.02. The zero-order valence-electron chi connectivity index (χ0n) is 8.15. The van der Waals surface area contributed by atoms with Crippen molar-refractivity contribution in [3.05, 3.63) is 37.3 Å². The largest absolute Gasteiger partial charge is 0.424 e. The Morgan fingerprint density at radius 1 is 1.44 bits per heavy atom. The molecule has 0 radical (unpaired) electrons. The third-order valence-electron chi connectivity index (χ3n) is 1.80. The minimum Gasteiger partial charge on any atom is -0.424 e. The number of aryl methyl sites for hydroxylation is 1. The van der Waals surface area contributed by atoms with Crippen LogP contribution in [0.2, 0.25) is 0 Å². The zero-order valence-corrected chi connectivity index (χ0v) is 11.3. The molecule has 0 aliphatic heterocycles. The fourth-order valence-electron chi connectivity index (χ4n) is 1.09. The van der Waals surface area contributed by atoms with Crippen LogP contribution in [0, 0.1) is 6.92 Å². The maximum atomic E-state index is 11.7. The van der Waals surface area contributed by atoms with Crippen molar-refractivity contribution >= 4 is 31.9 Å². The van der Waals surface area contributed by atoms with E-state index in [0.717, 1.165) is 0 Å². The molecular weight excluding hydrogens is 344 g/mol. The molecule has 16 heavy (non-hydrogen) atoms. The molecule has 0 saturated heterocycles. The molecule has 2 aromatic heterocycles. The van der Waals surface area contributed by atoms with E-state index in [-0.39, 0.29) is 12.1 Å². The van der Waals surface area contributed by atoms with Crippen molar-refractivity contribution in [3.63, 3.8) is 0 Å². The first-order valence-corrected chi connectivity index (χ1v) is 5.86. The molecule has 6 nitrogen and oxygen atoms in total. The summed E-state index contributed by atoms with van der Waals surface area (Å²) in [5.41, 5.74) is -0.259. The highest BCUT2D eigenvalue weighted by Gasteiger charge is 2.09.